The van der Waals surface area contributed by atoms with Crippen molar-refractivity contribution in [3.63, 3.8) is 0 Å². The molecule has 1 amide bonds. The van der Waals surface area contributed by atoms with Crippen molar-refractivity contribution in [2.45, 2.75) is 0 Å². The van der Waals surface area contributed by atoms with Crippen LogP contribution in [0.5, 0.6) is 5.75 Å². The summed E-state index contributed by atoms with van der Waals surface area (Å²) in [5.74, 6) is -2.10. The zero-order chi connectivity index (χ0) is 10.7. The minimum atomic E-state index is -0.846. The van der Waals surface area contributed by atoms with Crippen LogP contribution in [-0.4, -0.2) is 11.0 Å². The molecule has 0 aliphatic carbocycles. The fourth-order valence-corrected chi connectivity index (χ4v) is 1.10. The van der Waals surface area contributed by atoms with E-state index in [4.69, 9.17) is 17.3 Å². The normalized spacial score (nSPS) is 10.7. The number of halogens is 2. The van der Waals surface area contributed by atoms with Crippen molar-refractivity contribution in [3.05, 3.63) is 34.6 Å². The number of aromatic hydroxyl groups is 1. The van der Waals surface area contributed by atoms with Gasteiger partial charge in [0.1, 0.15) is 0 Å². The van der Waals surface area contributed by atoms with Crippen LogP contribution in [0.4, 0.5) is 4.39 Å². The van der Waals surface area contributed by atoms with Gasteiger partial charge in [0.25, 0.3) is 0 Å². The highest BCUT2D eigenvalue weighted by Crippen LogP contribution is 2.26. The number of amides is 1. The molecule has 0 heterocycles. The largest absolute Gasteiger partial charge is 0.504 e. The van der Waals surface area contributed by atoms with Gasteiger partial charge in [-0.15, -0.1) is 0 Å². The Balaban J connectivity index is 3.14. The Labute approximate surface area is 84.6 Å². The molecule has 3 N–H and O–H groups in total. The lowest BCUT2D eigenvalue weighted by molar-refractivity contribution is -0.113. The fraction of sp³-hybridized carbons (Fsp3) is 0. The molecule has 0 spiro atoms. The summed E-state index contributed by atoms with van der Waals surface area (Å²) in [7, 11) is 0. The molecule has 5 heteroatoms. The van der Waals surface area contributed by atoms with Crippen LogP contribution in [0.1, 0.15) is 5.56 Å². The maximum atomic E-state index is 12.9. The Bertz CT molecular complexity index is 404. The third kappa shape index (κ3) is 2.47. The van der Waals surface area contributed by atoms with E-state index in [-0.39, 0.29) is 10.6 Å². The Morgan fingerprint density at radius 1 is 1.57 bits per heavy atom. The molecule has 0 aliphatic heterocycles. The molecule has 1 aromatic carbocycles. The number of carbonyl (C=O) groups excluding carboxylic acids is 1. The SMILES string of the molecule is NC(=O)C=Cc1cc(Cl)cc(F)c1O. The minimum Gasteiger partial charge on any atom is -0.504 e. The summed E-state index contributed by atoms with van der Waals surface area (Å²) < 4.78 is 12.9. The molecular weight excluding hydrogens is 209 g/mol. The molecule has 0 aliphatic rings. The number of phenolic OH excluding ortho intramolecular Hbond substituents is 1. The van der Waals surface area contributed by atoms with Gasteiger partial charge in [-0.2, -0.15) is 0 Å². The van der Waals surface area contributed by atoms with Gasteiger partial charge < -0.3 is 10.8 Å². The van der Waals surface area contributed by atoms with E-state index in [1.54, 1.807) is 0 Å². The molecule has 0 radical (unpaired) electrons. The molecule has 0 unspecified atom stereocenters. The second-order valence-electron chi connectivity index (χ2n) is 2.56. The van der Waals surface area contributed by atoms with Gasteiger partial charge in [0.05, 0.1) is 0 Å². The van der Waals surface area contributed by atoms with Crippen molar-refractivity contribution in [3.8, 4) is 5.75 Å². The van der Waals surface area contributed by atoms with Crippen molar-refractivity contribution in [1.29, 1.82) is 0 Å². The Morgan fingerprint density at radius 2 is 2.21 bits per heavy atom. The van der Waals surface area contributed by atoms with Crippen molar-refractivity contribution in [2.75, 3.05) is 0 Å². The zero-order valence-electron chi connectivity index (χ0n) is 7.00. The molecule has 0 fully saturated rings. The maximum absolute atomic E-state index is 12.9. The number of rotatable bonds is 2. The lowest BCUT2D eigenvalue weighted by Crippen LogP contribution is -2.05. The van der Waals surface area contributed by atoms with E-state index in [1.807, 2.05) is 0 Å². The van der Waals surface area contributed by atoms with E-state index in [9.17, 15) is 14.3 Å². The van der Waals surface area contributed by atoms with E-state index >= 15 is 0 Å². The molecule has 0 aromatic heterocycles. The summed E-state index contributed by atoms with van der Waals surface area (Å²) in [5.41, 5.74) is 4.94. The van der Waals surface area contributed by atoms with Gasteiger partial charge in [0, 0.05) is 16.7 Å². The van der Waals surface area contributed by atoms with Gasteiger partial charge >= 0.3 is 0 Å². The van der Waals surface area contributed by atoms with Crippen molar-refractivity contribution in [1.82, 2.24) is 0 Å². The first-order valence-corrected chi connectivity index (χ1v) is 4.04. The van der Waals surface area contributed by atoms with E-state index in [1.165, 1.54) is 12.1 Å². The number of benzene rings is 1. The third-order valence-corrected chi connectivity index (χ3v) is 1.70. The van der Waals surface area contributed by atoms with Gasteiger partial charge in [0.2, 0.25) is 5.91 Å². The first-order chi connectivity index (χ1) is 6.50. The monoisotopic (exact) mass is 215 g/mol. The molecule has 0 saturated heterocycles. The quantitative estimate of drug-likeness (QED) is 0.738. The number of primary amides is 1. The number of hydrogen-bond acceptors (Lipinski definition) is 2. The topological polar surface area (TPSA) is 63.3 Å². The number of hydrogen-bond donors (Lipinski definition) is 2. The second kappa shape index (κ2) is 4.11. The first kappa shape index (κ1) is 10.5. The summed E-state index contributed by atoms with van der Waals surface area (Å²) in [6, 6.07) is 2.29. The summed E-state index contributed by atoms with van der Waals surface area (Å²) in [4.78, 5) is 10.4. The smallest absolute Gasteiger partial charge is 0.241 e. The average Bonchev–Trinajstić information content (AvgIpc) is 2.08. The van der Waals surface area contributed by atoms with Crippen LogP contribution >= 0.6 is 11.6 Å². The molecule has 0 atom stereocenters. The van der Waals surface area contributed by atoms with Crippen LogP contribution in [0.3, 0.4) is 0 Å². The van der Waals surface area contributed by atoms with Crippen LogP contribution in [0.25, 0.3) is 6.08 Å². The molecule has 1 aromatic rings. The van der Waals surface area contributed by atoms with Crippen LogP contribution < -0.4 is 5.73 Å². The summed E-state index contributed by atoms with van der Waals surface area (Å²) >= 11 is 5.54. The Kier molecular flexibility index (Phi) is 3.09. The standard InChI is InChI=1S/C9H7ClFNO2/c10-6-3-5(1-2-8(12)13)9(14)7(11)4-6/h1-4,14H,(H2,12,13). The fourth-order valence-electron chi connectivity index (χ4n) is 0.885. The average molecular weight is 216 g/mol. The van der Waals surface area contributed by atoms with Gasteiger partial charge in [-0.25, -0.2) is 4.39 Å². The van der Waals surface area contributed by atoms with E-state index < -0.39 is 17.5 Å². The van der Waals surface area contributed by atoms with E-state index in [0.717, 1.165) is 12.1 Å². The number of nitrogens with two attached hydrogens (primary N) is 1. The first-order valence-electron chi connectivity index (χ1n) is 3.66. The van der Waals surface area contributed by atoms with Gasteiger partial charge in [-0.05, 0) is 18.2 Å². The van der Waals surface area contributed by atoms with Gasteiger partial charge in [0.15, 0.2) is 11.6 Å². The molecule has 0 saturated carbocycles. The van der Waals surface area contributed by atoms with Crippen molar-refractivity contribution in [2.24, 2.45) is 5.73 Å². The number of phenols is 1. The maximum Gasteiger partial charge on any atom is 0.241 e. The molecule has 3 nitrogen and oxygen atoms in total. The molecule has 1 rings (SSSR count). The van der Waals surface area contributed by atoms with Crippen molar-refractivity contribution >= 4 is 23.6 Å². The highest BCUT2D eigenvalue weighted by atomic mass is 35.5. The van der Waals surface area contributed by atoms with Crippen LogP contribution in [0, 0.1) is 5.82 Å². The Morgan fingerprint density at radius 3 is 2.79 bits per heavy atom. The molecule has 14 heavy (non-hydrogen) atoms. The van der Waals surface area contributed by atoms with Crippen LogP contribution in [-0.2, 0) is 4.79 Å². The summed E-state index contributed by atoms with van der Waals surface area (Å²) in [6.07, 6.45) is 2.19. The molecule has 74 valence electrons. The van der Waals surface area contributed by atoms with E-state index in [0.29, 0.717) is 0 Å². The number of carbonyl (C=O) groups is 1. The predicted molar refractivity (Wildman–Crippen MR) is 51.3 cm³/mol. The van der Waals surface area contributed by atoms with Gasteiger partial charge in [-0.3, -0.25) is 4.79 Å². The summed E-state index contributed by atoms with van der Waals surface area (Å²) in [5, 5.41) is 9.33. The van der Waals surface area contributed by atoms with Gasteiger partial charge in [-0.1, -0.05) is 11.6 Å². The molecular formula is C9H7ClFNO2. The summed E-state index contributed by atoms with van der Waals surface area (Å²) in [6.45, 7) is 0. The van der Waals surface area contributed by atoms with Crippen molar-refractivity contribution < 1.29 is 14.3 Å². The minimum absolute atomic E-state index is 0.105. The zero-order valence-corrected chi connectivity index (χ0v) is 7.75. The third-order valence-electron chi connectivity index (χ3n) is 1.48. The lowest BCUT2D eigenvalue weighted by atomic mass is 10.2. The highest BCUT2D eigenvalue weighted by molar-refractivity contribution is 6.30. The predicted octanol–water partition coefficient (Wildman–Crippen LogP) is 1.68. The Hall–Kier alpha value is -1.55. The van der Waals surface area contributed by atoms with Crippen LogP contribution in [0.15, 0.2) is 18.2 Å². The second-order valence-corrected chi connectivity index (χ2v) is 3.00. The lowest BCUT2D eigenvalue weighted by Gasteiger charge is -2.00. The van der Waals surface area contributed by atoms with E-state index in [2.05, 4.69) is 0 Å². The molecule has 0 bridgehead atoms. The highest BCUT2D eigenvalue weighted by Gasteiger charge is 2.06. The van der Waals surface area contributed by atoms with Crippen LogP contribution in [0.2, 0.25) is 5.02 Å².